The van der Waals surface area contributed by atoms with Gasteiger partial charge in [-0.15, -0.1) is 0 Å². The summed E-state index contributed by atoms with van der Waals surface area (Å²) in [5.41, 5.74) is 2.50. The average molecular weight is 306 g/mol. The van der Waals surface area contributed by atoms with Gasteiger partial charge in [-0.05, 0) is 24.3 Å². The number of aliphatic hydroxyl groups is 1. The lowest BCUT2D eigenvalue weighted by Gasteiger charge is -2.04. The third kappa shape index (κ3) is 4.81. The maximum Gasteiger partial charge on any atom is 0.123 e. The van der Waals surface area contributed by atoms with Gasteiger partial charge in [0.2, 0.25) is 0 Å². The minimum atomic E-state index is 0.0600. The van der Waals surface area contributed by atoms with Crippen molar-refractivity contribution in [1.82, 2.24) is 0 Å². The van der Waals surface area contributed by atoms with E-state index in [1.807, 2.05) is 36.4 Å². The third-order valence-electron chi connectivity index (χ3n) is 3.08. The fourth-order valence-corrected chi connectivity index (χ4v) is 1.93. The van der Waals surface area contributed by atoms with Crippen LogP contribution in [0, 0.1) is 23.7 Å². The van der Waals surface area contributed by atoms with E-state index in [2.05, 4.69) is 23.7 Å². The number of aliphatic hydroxyl groups excluding tert-OH is 1. The van der Waals surface area contributed by atoms with Crippen LogP contribution in [0.1, 0.15) is 23.1 Å². The largest absolute Gasteiger partial charge is 0.497 e. The lowest BCUT2D eigenvalue weighted by atomic mass is 10.1. The molecule has 0 saturated carbocycles. The van der Waals surface area contributed by atoms with Crippen molar-refractivity contribution in [1.29, 1.82) is 0 Å². The van der Waals surface area contributed by atoms with Gasteiger partial charge in [0, 0.05) is 29.2 Å². The van der Waals surface area contributed by atoms with Gasteiger partial charge in [0.1, 0.15) is 11.5 Å². The van der Waals surface area contributed by atoms with Crippen molar-refractivity contribution < 1.29 is 14.6 Å². The minimum absolute atomic E-state index is 0.0600. The Morgan fingerprint density at radius 1 is 0.870 bits per heavy atom. The van der Waals surface area contributed by atoms with E-state index < -0.39 is 0 Å². The molecule has 0 radical (unpaired) electrons. The topological polar surface area (TPSA) is 38.7 Å². The molecule has 2 aromatic carbocycles. The monoisotopic (exact) mass is 306 g/mol. The molecule has 3 nitrogen and oxygen atoms in total. The molecule has 0 aliphatic rings. The second kappa shape index (κ2) is 8.54. The Bertz CT molecular complexity index is 764. The third-order valence-corrected chi connectivity index (χ3v) is 3.08. The molecule has 2 rings (SSSR count). The van der Waals surface area contributed by atoms with Crippen molar-refractivity contribution in [2.24, 2.45) is 0 Å². The Morgan fingerprint density at radius 3 is 2.04 bits per heavy atom. The standard InChI is InChI=1S/C20H18O3/c1-22-19-13-16(14-20(15-19)23-2)10-11-18-8-4-3-7-17(18)9-5-6-12-21/h3-4,7-8,13-15,21H,6,12H2,1-2H3. The molecular weight excluding hydrogens is 288 g/mol. The maximum atomic E-state index is 8.81. The lowest BCUT2D eigenvalue weighted by Crippen LogP contribution is -1.89. The molecule has 0 aliphatic heterocycles. The fourth-order valence-electron chi connectivity index (χ4n) is 1.93. The molecule has 2 aromatic rings. The number of ether oxygens (including phenoxy) is 2. The van der Waals surface area contributed by atoms with Crippen LogP contribution in [0.2, 0.25) is 0 Å². The molecule has 23 heavy (non-hydrogen) atoms. The summed E-state index contributed by atoms with van der Waals surface area (Å²) in [5.74, 6) is 13.6. The van der Waals surface area contributed by atoms with Crippen LogP contribution in [-0.4, -0.2) is 25.9 Å². The molecule has 0 aliphatic carbocycles. The molecular formula is C20H18O3. The molecule has 0 unspecified atom stereocenters. The van der Waals surface area contributed by atoms with Gasteiger partial charge >= 0.3 is 0 Å². The van der Waals surface area contributed by atoms with Gasteiger partial charge in [0.25, 0.3) is 0 Å². The molecule has 116 valence electrons. The van der Waals surface area contributed by atoms with Gasteiger partial charge in [-0.1, -0.05) is 35.8 Å². The van der Waals surface area contributed by atoms with Crippen molar-refractivity contribution in [3.05, 3.63) is 59.2 Å². The summed E-state index contributed by atoms with van der Waals surface area (Å²) < 4.78 is 10.5. The first-order valence-corrected chi connectivity index (χ1v) is 7.20. The Balaban J connectivity index is 2.34. The molecule has 0 atom stereocenters. The van der Waals surface area contributed by atoms with Crippen LogP contribution in [0.5, 0.6) is 11.5 Å². The first-order chi connectivity index (χ1) is 11.3. The summed E-state index contributed by atoms with van der Waals surface area (Å²) in [4.78, 5) is 0. The maximum absolute atomic E-state index is 8.81. The van der Waals surface area contributed by atoms with E-state index in [4.69, 9.17) is 14.6 Å². The number of hydrogen-bond acceptors (Lipinski definition) is 3. The number of hydrogen-bond donors (Lipinski definition) is 1. The van der Waals surface area contributed by atoms with Gasteiger partial charge in [-0.2, -0.15) is 0 Å². The van der Waals surface area contributed by atoms with Crippen LogP contribution < -0.4 is 9.47 Å². The van der Waals surface area contributed by atoms with E-state index in [1.54, 1.807) is 20.3 Å². The summed E-state index contributed by atoms with van der Waals surface area (Å²) in [7, 11) is 3.22. The summed E-state index contributed by atoms with van der Waals surface area (Å²) >= 11 is 0. The minimum Gasteiger partial charge on any atom is -0.497 e. The number of methoxy groups -OCH3 is 2. The molecule has 0 aromatic heterocycles. The Hall–Kier alpha value is -2.88. The van der Waals surface area contributed by atoms with Crippen LogP contribution in [0.3, 0.4) is 0 Å². The summed E-state index contributed by atoms with van der Waals surface area (Å²) in [5, 5.41) is 8.81. The van der Waals surface area contributed by atoms with E-state index in [1.165, 1.54) is 0 Å². The van der Waals surface area contributed by atoms with Gasteiger partial charge < -0.3 is 14.6 Å². The molecule has 0 bridgehead atoms. The first-order valence-electron chi connectivity index (χ1n) is 7.20. The van der Waals surface area contributed by atoms with E-state index in [9.17, 15) is 0 Å². The van der Waals surface area contributed by atoms with Crippen LogP contribution in [-0.2, 0) is 0 Å². The normalized spacial score (nSPS) is 9.17. The van der Waals surface area contributed by atoms with Crippen molar-refractivity contribution in [2.45, 2.75) is 6.42 Å². The second-order valence-corrected chi connectivity index (χ2v) is 4.67. The quantitative estimate of drug-likeness (QED) is 0.886. The smallest absolute Gasteiger partial charge is 0.123 e. The van der Waals surface area contributed by atoms with E-state index in [0.717, 1.165) is 16.7 Å². The zero-order valence-electron chi connectivity index (χ0n) is 13.2. The van der Waals surface area contributed by atoms with Gasteiger partial charge in [-0.3, -0.25) is 0 Å². The van der Waals surface area contributed by atoms with E-state index in [-0.39, 0.29) is 6.61 Å². The molecule has 3 heteroatoms. The highest BCUT2D eigenvalue weighted by molar-refractivity contribution is 5.54. The molecule has 0 saturated heterocycles. The van der Waals surface area contributed by atoms with Gasteiger partial charge in [0.05, 0.1) is 20.8 Å². The summed E-state index contributed by atoms with van der Waals surface area (Å²) in [6.45, 7) is 0.0600. The SMILES string of the molecule is COc1cc(C#Cc2ccccc2C#CCCO)cc(OC)c1. The molecule has 0 spiro atoms. The zero-order valence-corrected chi connectivity index (χ0v) is 13.2. The Labute approximate surface area is 136 Å². The van der Waals surface area contributed by atoms with Crippen molar-refractivity contribution >= 4 is 0 Å². The summed E-state index contributed by atoms with van der Waals surface area (Å²) in [6, 6.07) is 13.2. The Kier molecular flexibility index (Phi) is 6.12. The van der Waals surface area contributed by atoms with Crippen LogP contribution >= 0.6 is 0 Å². The molecule has 1 N–H and O–H groups in total. The fraction of sp³-hybridized carbons (Fsp3) is 0.200. The highest BCUT2D eigenvalue weighted by Crippen LogP contribution is 2.22. The average Bonchev–Trinajstić information content (AvgIpc) is 2.60. The number of benzene rings is 2. The second-order valence-electron chi connectivity index (χ2n) is 4.67. The lowest BCUT2D eigenvalue weighted by molar-refractivity contribution is 0.305. The molecule has 0 heterocycles. The van der Waals surface area contributed by atoms with E-state index in [0.29, 0.717) is 17.9 Å². The van der Waals surface area contributed by atoms with Crippen molar-refractivity contribution in [3.63, 3.8) is 0 Å². The van der Waals surface area contributed by atoms with Crippen LogP contribution in [0.15, 0.2) is 42.5 Å². The highest BCUT2D eigenvalue weighted by Gasteiger charge is 2.00. The summed E-state index contributed by atoms with van der Waals surface area (Å²) in [6.07, 6.45) is 0.453. The zero-order chi connectivity index (χ0) is 16.5. The number of rotatable bonds is 3. The first kappa shape index (κ1) is 16.5. The predicted molar refractivity (Wildman–Crippen MR) is 90.5 cm³/mol. The van der Waals surface area contributed by atoms with Gasteiger partial charge in [-0.25, -0.2) is 0 Å². The molecule has 0 amide bonds. The van der Waals surface area contributed by atoms with Crippen molar-refractivity contribution in [2.75, 3.05) is 20.8 Å². The Morgan fingerprint density at radius 2 is 1.48 bits per heavy atom. The van der Waals surface area contributed by atoms with Gasteiger partial charge in [0.15, 0.2) is 0 Å². The van der Waals surface area contributed by atoms with Crippen molar-refractivity contribution in [3.8, 4) is 35.2 Å². The predicted octanol–water partition coefficient (Wildman–Crippen LogP) is 2.84. The van der Waals surface area contributed by atoms with E-state index >= 15 is 0 Å². The van der Waals surface area contributed by atoms with Crippen LogP contribution in [0.4, 0.5) is 0 Å². The van der Waals surface area contributed by atoms with Crippen LogP contribution in [0.25, 0.3) is 0 Å². The molecule has 0 fully saturated rings. The highest BCUT2D eigenvalue weighted by atomic mass is 16.5.